The minimum atomic E-state index is 0. The van der Waals surface area contributed by atoms with Gasteiger partial charge in [-0.3, -0.25) is 9.58 Å². The summed E-state index contributed by atoms with van der Waals surface area (Å²) < 4.78 is 7.35. The minimum absolute atomic E-state index is 0. The van der Waals surface area contributed by atoms with Crippen LogP contribution in [0.3, 0.4) is 0 Å². The number of ether oxygens (including phenoxy) is 1. The van der Waals surface area contributed by atoms with Gasteiger partial charge in [-0.2, -0.15) is 5.10 Å². The predicted octanol–water partition coefficient (Wildman–Crippen LogP) is 1.17. The molecule has 7 heteroatoms. The van der Waals surface area contributed by atoms with Gasteiger partial charge in [-0.15, -0.1) is 24.8 Å². The average Bonchev–Trinajstić information content (AvgIpc) is 2.83. The smallest absolute Gasteiger partial charge is 0.0594 e. The van der Waals surface area contributed by atoms with Gasteiger partial charge in [0.15, 0.2) is 0 Å². The van der Waals surface area contributed by atoms with Gasteiger partial charge in [0.1, 0.15) is 0 Å². The molecule has 1 N–H and O–H groups in total. The number of halogens is 2. The lowest BCUT2D eigenvalue weighted by molar-refractivity contribution is 0.0384. The first kappa shape index (κ1) is 18.7. The molecular formula is C12H24Cl2N4O. The fourth-order valence-electron chi connectivity index (χ4n) is 2.07. The molecule has 2 heterocycles. The fourth-order valence-corrected chi connectivity index (χ4v) is 2.07. The second kappa shape index (κ2) is 10.5. The van der Waals surface area contributed by atoms with Gasteiger partial charge in [0, 0.05) is 45.5 Å². The molecule has 0 saturated carbocycles. The first-order valence-corrected chi connectivity index (χ1v) is 6.41. The monoisotopic (exact) mass is 310 g/mol. The largest absolute Gasteiger partial charge is 0.379 e. The number of aryl methyl sites for hydroxylation is 1. The summed E-state index contributed by atoms with van der Waals surface area (Å²) in [5, 5.41) is 7.72. The lowest BCUT2D eigenvalue weighted by Gasteiger charge is -2.26. The topological polar surface area (TPSA) is 42.3 Å². The summed E-state index contributed by atoms with van der Waals surface area (Å²) in [6.07, 6.45) is 1.86. The maximum Gasteiger partial charge on any atom is 0.0594 e. The van der Waals surface area contributed by atoms with Crippen LogP contribution in [0.5, 0.6) is 0 Å². The van der Waals surface area contributed by atoms with Crippen molar-refractivity contribution in [2.45, 2.75) is 20.0 Å². The zero-order valence-electron chi connectivity index (χ0n) is 11.4. The molecule has 1 aliphatic heterocycles. The predicted molar refractivity (Wildman–Crippen MR) is 81.4 cm³/mol. The van der Waals surface area contributed by atoms with E-state index >= 15 is 0 Å². The van der Waals surface area contributed by atoms with E-state index in [1.54, 1.807) is 0 Å². The number of nitrogens with one attached hydrogen (secondary N) is 1. The Morgan fingerprint density at radius 3 is 2.74 bits per heavy atom. The van der Waals surface area contributed by atoms with E-state index in [1.807, 2.05) is 10.9 Å². The Kier molecular flexibility index (Phi) is 10.3. The first-order chi connectivity index (χ1) is 8.40. The molecule has 0 atom stereocenters. The minimum Gasteiger partial charge on any atom is -0.379 e. The number of hydrogen-bond donors (Lipinski definition) is 1. The lowest BCUT2D eigenvalue weighted by atomic mass is 10.4. The van der Waals surface area contributed by atoms with Gasteiger partial charge < -0.3 is 10.1 Å². The van der Waals surface area contributed by atoms with E-state index in [0.29, 0.717) is 0 Å². The molecule has 1 aromatic heterocycles. The Morgan fingerprint density at radius 1 is 1.32 bits per heavy atom. The van der Waals surface area contributed by atoms with Crippen molar-refractivity contribution in [3.05, 3.63) is 18.0 Å². The summed E-state index contributed by atoms with van der Waals surface area (Å²) in [5.74, 6) is 0. The SMILES string of the molecule is CCn1nccc1CNCCN1CCOCC1.Cl.Cl. The maximum absolute atomic E-state index is 5.32. The van der Waals surface area contributed by atoms with Crippen molar-refractivity contribution >= 4 is 24.8 Å². The number of hydrogen-bond acceptors (Lipinski definition) is 4. The van der Waals surface area contributed by atoms with Gasteiger partial charge in [0.05, 0.1) is 18.9 Å². The molecule has 0 amide bonds. The van der Waals surface area contributed by atoms with E-state index in [9.17, 15) is 0 Å². The van der Waals surface area contributed by atoms with Gasteiger partial charge >= 0.3 is 0 Å². The second-order valence-corrected chi connectivity index (χ2v) is 4.27. The summed E-state index contributed by atoms with van der Waals surface area (Å²) in [7, 11) is 0. The number of nitrogens with zero attached hydrogens (tertiary/aromatic N) is 3. The normalized spacial score (nSPS) is 15.6. The number of morpholine rings is 1. The third-order valence-corrected chi connectivity index (χ3v) is 3.12. The molecule has 0 bridgehead atoms. The van der Waals surface area contributed by atoms with Crippen LogP contribution in [0.1, 0.15) is 12.6 Å². The molecule has 0 spiro atoms. The standard InChI is InChI=1S/C12H22N4O.2ClH/c1-2-16-12(3-4-14-16)11-13-5-6-15-7-9-17-10-8-15;;/h3-4,13H,2,5-11H2,1H3;2*1H. The molecule has 0 unspecified atom stereocenters. The third-order valence-electron chi connectivity index (χ3n) is 3.12. The molecule has 1 fully saturated rings. The maximum atomic E-state index is 5.32. The van der Waals surface area contributed by atoms with Crippen LogP contribution in [-0.4, -0.2) is 54.1 Å². The molecule has 0 aromatic carbocycles. The molecule has 0 radical (unpaired) electrons. The van der Waals surface area contributed by atoms with E-state index in [-0.39, 0.29) is 24.8 Å². The van der Waals surface area contributed by atoms with E-state index in [0.717, 1.165) is 52.5 Å². The van der Waals surface area contributed by atoms with Crippen LogP contribution in [0.4, 0.5) is 0 Å². The molecular weight excluding hydrogens is 287 g/mol. The van der Waals surface area contributed by atoms with E-state index < -0.39 is 0 Å². The van der Waals surface area contributed by atoms with E-state index in [4.69, 9.17) is 4.74 Å². The summed E-state index contributed by atoms with van der Waals surface area (Å²) in [4.78, 5) is 2.44. The number of aromatic nitrogens is 2. The van der Waals surface area contributed by atoms with Crippen LogP contribution in [0.2, 0.25) is 0 Å². The summed E-state index contributed by atoms with van der Waals surface area (Å²) in [6, 6.07) is 2.07. The zero-order chi connectivity index (χ0) is 11.9. The second-order valence-electron chi connectivity index (χ2n) is 4.27. The van der Waals surface area contributed by atoms with E-state index in [1.165, 1.54) is 5.69 Å². The molecule has 112 valence electrons. The van der Waals surface area contributed by atoms with Crippen molar-refractivity contribution in [2.75, 3.05) is 39.4 Å². The van der Waals surface area contributed by atoms with Crippen LogP contribution >= 0.6 is 24.8 Å². The van der Waals surface area contributed by atoms with Crippen LogP contribution in [-0.2, 0) is 17.8 Å². The van der Waals surface area contributed by atoms with Crippen LogP contribution in [0.25, 0.3) is 0 Å². The Labute approximate surface area is 127 Å². The third kappa shape index (κ3) is 6.10. The van der Waals surface area contributed by atoms with Crippen LogP contribution < -0.4 is 5.32 Å². The van der Waals surface area contributed by atoms with Crippen LogP contribution in [0, 0.1) is 0 Å². The van der Waals surface area contributed by atoms with Crippen molar-refractivity contribution in [1.29, 1.82) is 0 Å². The molecule has 1 saturated heterocycles. The highest BCUT2D eigenvalue weighted by atomic mass is 35.5. The van der Waals surface area contributed by atoms with Gasteiger partial charge in [0.25, 0.3) is 0 Å². The van der Waals surface area contributed by atoms with Crippen molar-refractivity contribution in [1.82, 2.24) is 20.0 Å². The molecule has 2 rings (SSSR count). The Balaban J connectivity index is 0.00000162. The highest BCUT2D eigenvalue weighted by molar-refractivity contribution is 5.85. The molecule has 19 heavy (non-hydrogen) atoms. The molecule has 1 aliphatic rings. The lowest BCUT2D eigenvalue weighted by Crippen LogP contribution is -2.40. The summed E-state index contributed by atoms with van der Waals surface area (Å²) in [6.45, 7) is 9.96. The first-order valence-electron chi connectivity index (χ1n) is 6.41. The molecule has 1 aromatic rings. The Morgan fingerprint density at radius 2 is 2.05 bits per heavy atom. The van der Waals surface area contributed by atoms with Crippen molar-refractivity contribution < 1.29 is 4.74 Å². The Hall–Kier alpha value is -0.330. The molecule has 5 nitrogen and oxygen atoms in total. The van der Waals surface area contributed by atoms with Gasteiger partial charge in [-0.1, -0.05) is 0 Å². The Bertz CT molecular complexity index is 329. The van der Waals surface area contributed by atoms with Crippen molar-refractivity contribution in [2.24, 2.45) is 0 Å². The van der Waals surface area contributed by atoms with Gasteiger partial charge in [0.2, 0.25) is 0 Å². The average molecular weight is 311 g/mol. The fraction of sp³-hybridized carbons (Fsp3) is 0.750. The zero-order valence-corrected chi connectivity index (χ0v) is 13.0. The van der Waals surface area contributed by atoms with Gasteiger partial charge in [-0.25, -0.2) is 0 Å². The van der Waals surface area contributed by atoms with Gasteiger partial charge in [-0.05, 0) is 13.0 Å². The highest BCUT2D eigenvalue weighted by Crippen LogP contribution is 1.98. The highest BCUT2D eigenvalue weighted by Gasteiger charge is 2.09. The summed E-state index contributed by atoms with van der Waals surface area (Å²) >= 11 is 0. The quantitative estimate of drug-likeness (QED) is 0.801. The van der Waals surface area contributed by atoms with Crippen molar-refractivity contribution in [3.63, 3.8) is 0 Å². The summed E-state index contributed by atoms with van der Waals surface area (Å²) in [5.41, 5.74) is 1.26. The van der Waals surface area contributed by atoms with Crippen molar-refractivity contribution in [3.8, 4) is 0 Å². The number of rotatable bonds is 6. The van der Waals surface area contributed by atoms with E-state index in [2.05, 4.69) is 28.3 Å². The molecule has 0 aliphatic carbocycles. The van der Waals surface area contributed by atoms with Crippen LogP contribution in [0.15, 0.2) is 12.3 Å².